The van der Waals surface area contributed by atoms with Crippen LogP contribution in [-0.4, -0.2) is 23.0 Å². The molecular formula is C15H16N2O5. The van der Waals surface area contributed by atoms with Crippen LogP contribution in [0.3, 0.4) is 0 Å². The Kier molecular flexibility index (Phi) is 4.45. The van der Waals surface area contributed by atoms with Crippen molar-refractivity contribution in [3.05, 3.63) is 40.2 Å². The molecule has 0 fully saturated rings. The van der Waals surface area contributed by atoms with E-state index < -0.39 is 23.5 Å². The number of rotatable bonds is 6. The molecule has 2 aromatic rings. The maximum Gasteiger partial charge on any atom is 0.336 e. The van der Waals surface area contributed by atoms with E-state index in [1.165, 1.54) is 6.07 Å². The zero-order chi connectivity index (χ0) is 16.3. The molecule has 1 aromatic carbocycles. The van der Waals surface area contributed by atoms with Crippen LogP contribution in [0.1, 0.15) is 18.4 Å². The highest BCUT2D eigenvalue weighted by atomic mass is 16.4. The number of carbonyl (C=O) groups excluding carboxylic acids is 1. The molecule has 7 heteroatoms. The average molecular weight is 304 g/mol. The molecule has 1 atom stereocenters. The number of carboxylic acids is 1. The van der Waals surface area contributed by atoms with E-state index in [1.54, 1.807) is 25.1 Å². The second-order valence-corrected chi connectivity index (χ2v) is 5.00. The molecule has 0 saturated heterocycles. The SMILES string of the molecule is Cc1cc(=O)oc2cc(N[C@@H](CCC(N)=O)C(=O)O)ccc12. The van der Waals surface area contributed by atoms with Crippen molar-refractivity contribution in [3.8, 4) is 0 Å². The average Bonchev–Trinajstić information content (AvgIpc) is 2.42. The lowest BCUT2D eigenvalue weighted by atomic mass is 10.1. The van der Waals surface area contributed by atoms with Gasteiger partial charge in [0.1, 0.15) is 11.6 Å². The molecule has 4 N–H and O–H groups in total. The van der Waals surface area contributed by atoms with Gasteiger partial charge in [0, 0.05) is 29.6 Å². The van der Waals surface area contributed by atoms with Gasteiger partial charge in [-0.15, -0.1) is 0 Å². The lowest BCUT2D eigenvalue weighted by molar-refractivity contribution is -0.138. The number of fused-ring (bicyclic) bond motifs is 1. The Morgan fingerprint density at radius 1 is 1.36 bits per heavy atom. The van der Waals surface area contributed by atoms with Gasteiger partial charge in [0.25, 0.3) is 0 Å². The Bertz CT molecular complexity index is 781. The van der Waals surface area contributed by atoms with Gasteiger partial charge in [0.15, 0.2) is 0 Å². The first-order valence-corrected chi connectivity index (χ1v) is 6.69. The fourth-order valence-corrected chi connectivity index (χ4v) is 2.16. The van der Waals surface area contributed by atoms with E-state index in [9.17, 15) is 14.4 Å². The number of hydrogen-bond donors (Lipinski definition) is 3. The predicted octanol–water partition coefficient (Wildman–Crippen LogP) is 1.23. The van der Waals surface area contributed by atoms with Crippen LogP contribution in [0.25, 0.3) is 11.0 Å². The summed E-state index contributed by atoms with van der Waals surface area (Å²) in [5, 5.41) is 12.7. The summed E-state index contributed by atoms with van der Waals surface area (Å²) in [5.41, 5.74) is 6.20. The quantitative estimate of drug-likeness (QED) is 0.690. The first-order chi connectivity index (χ1) is 10.4. The number of amides is 1. The van der Waals surface area contributed by atoms with E-state index in [0.717, 1.165) is 10.9 Å². The van der Waals surface area contributed by atoms with Crippen LogP contribution in [0.2, 0.25) is 0 Å². The number of aryl methyl sites for hydroxylation is 1. The number of primary amides is 1. The number of benzene rings is 1. The number of carbonyl (C=O) groups is 2. The topological polar surface area (TPSA) is 123 Å². The fourth-order valence-electron chi connectivity index (χ4n) is 2.16. The second-order valence-electron chi connectivity index (χ2n) is 5.00. The first-order valence-electron chi connectivity index (χ1n) is 6.69. The van der Waals surface area contributed by atoms with Crippen LogP contribution in [0.15, 0.2) is 33.5 Å². The molecule has 0 unspecified atom stereocenters. The van der Waals surface area contributed by atoms with E-state index >= 15 is 0 Å². The molecule has 2 rings (SSSR count). The van der Waals surface area contributed by atoms with Gasteiger partial charge in [-0.25, -0.2) is 9.59 Å². The Morgan fingerprint density at radius 3 is 2.73 bits per heavy atom. The van der Waals surface area contributed by atoms with E-state index in [2.05, 4.69) is 5.32 Å². The molecular weight excluding hydrogens is 288 g/mol. The van der Waals surface area contributed by atoms with Gasteiger partial charge in [-0.3, -0.25) is 4.79 Å². The summed E-state index contributed by atoms with van der Waals surface area (Å²) in [6.07, 6.45) is 0.0339. The Hall–Kier alpha value is -2.83. The summed E-state index contributed by atoms with van der Waals surface area (Å²) in [7, 11) is 0. The number of nitrogens with two attached hydrogens (primary N) is 1. The highest BCUT2D eigenvalue weighted by molar-refractivity contribution is 5.85. The number of nitrogens with one attached hydrogen (secondary N) is 1. The monoisotopic (exact) mass is 304 g/mol. The maximum atomic E-state index is 11.4. The summed E-state index contributed by atoms with van der Waals surface area (Å²) in [5.74, 6) is -1.65. The van der Waals surface area contributed by atoms with Crippen molar-refractivity contribution >= 4 is 28.5 Å². The molecule has 0 bridgehead atoms. The molecule has 1 amide bonds. The van der Waals surface area contributed by atoms with Gasteiger partial charge in [-0.1, -0.05) is 0 Å². The third-order valence-corrected chi connectivity index (χ3v) is 3.27. The molecule has 0 spiro atoms. The summed E-state index contributed by atoms with van der Waals surface area (Å²) >= 11 is 0. The van der Waals surface area contributed by atoms with Gasteiger partial charge < -0.3 is 20.6 Å². The Labute approximate surface area is 125 Å². The van der Waals surface area contributed by atoms with Crippen LogP contribution in [0.4, 0.5) is 5.69 Å². The molecule has 0 aliphatic heterocycles. The highest BCUT2D eigenvalue weighted by Crippen LogP contribution is 2.21. The van der Waals surface area contributed by atoms with Crippen molar-refractivity contribution in [2.45, 2.75) is 25.8 Å². The van der Waals surface area contributed by atoms with Gasteiger partial charge >= 0.3 is 11.6 Å². The largest absolute Gasteiger partial charge is 0.480 e. The first kappa shape index (κ1) is 15.6. The standard InChI is InChI=1S/C15H16N2O5/c1-8-6-14(19)22-12-7-9(2-3-10(8)12)17-11(15(20)21)4-5-13(16)18/h2-3,6-7,11,17H,4-5H2,1H3,(H2,16,18)(H,20,21)/t11-/m0/s1. The molecule has 1 heterocycles. The molecule has 7 nitrogen and oxygen atoms in total. The molecule has 116 valence electrons. The molecule has 0 saturated carbocycles. The van der Waals surface area contributed by atoms with Crippen molar-refractivity contribution in [2.24, 2.45) is 5.73 Å². The highest BCUT2D eigenvalue weighted by Gasteiger charge is 2.18. The van der Waals surface area contributed by atoms with Gasteiger partial charge in [0.2, 0.25) is 5.91 Å². The minimum Gasteiger partial charge on any atom is -0.480 e. The normalized spacial score (nSPS) is 12.0. The molecule has 0 radical (unpaired) electrons. The van der Waals surface area contributed by atoms with Gasteiger partial charge in [-0.2, -0.15) is 0 Å². The van der Waals surface area contributed by atoms with E-state index in [1.807, 2.05) is 0 Å². The second kappa shape index (κ2) is 6.30. The van der Waals surface area contributed by atoms with Crippen molar-refractivity contribution in [2.75, 3.05) is 5.32 Å². The summed E-state index contributed by atoms with van der Waals surface area (Å²) in [6, 6.07) is 5.42. The summed E-state index contributed by atoms with van der Waals surface area (Å²) < 4.78 is 5.11. The van der Waals surface area contributed by atoms with Crippen molar-refractivity contribution in [1.29, 1.82) is 0 Å². The number of aliphatic carboxylic acids is 1. The minimum atomic E-state index is -1.09. The van der Waals surface area contributed by atoms with Crippen LogP contribution in [0, 0.1) is 6.92 Å². The predicted molar refractivity (Wildman–Crippen MR) is 80.7 cm³/mol. The molecule has 22 heavy (non-hydrogen) atoms. The van der Waals surface area contributed by atoms with Crippen molar-refractivity contribution in [1.82, 2.24) is 0 Å². The van der Waals surface area contributed by atoms with Crippen molar-refractivity contribution in [3.63, 3.8) is 0 Å². The smallest absolute Gasteiger partial charge is 0.336 e. The van der Waals surface area contributed by atoms with Gasteiger partial charge in [0.05, 0.1) is 0 Å². The number of anilines is 1. The van der Waals surface area contributed by atoms with E-state index in [0.29, 0.717) is 11.3 Å². The van der Waals surface area contributed by atoms with E-state index in [4.69, 9.17) is 15.3 Å². The number of hydrogen-bond acceptors (Lipinski definition) is 5. The van der Waals surface area contributed by atoms with Crippen molar-refractivity contribution < 1.29 is 19.1 Å². The van der Waals surface area contributed by atoms with Crippen LogP contribution in [0.5, 0.6) is 0 Å². The summed E-state index contributed by atoms with van der Waals surface area (Å²) in [4.78, 5) is 33.4. The Morgan fingerprint density at radius 2 is 2.09 bits per heavy atom. The van der Waals surface area contributed by atoms with Crippen LogP contribution < -0.4 is 16.7 Å². The van der Waals surface area contributed by atoms with E-state index in [-0.39, 0.29) is 12.8 Å². The van der Waals surface area contributed by atoms with Gasteiger partial charge in [-0.05, 0) is 31.0 Å². The molecule has 0 aliphatic carbocycles. The maximum absolute atomic E-state index is 11.4. The van der Waals surface area contributed by atoms with Crippen LogP contribution in [-0.2, 0) is 9.59 Å². The third kappa shape index (κ3) is 3.63. The third-order valence-electron chi connectivity index (χ3n) is 3.27. The lowest BCUT2D eigenvalue weighted by Gasteiger charge is -2.15. The zero-order valence-corrected chi connectivity index (χ0v) is 12.0. The minimum absolute atomic E-state index is 0.0360. The fraction of sp³-hybridized carbons (Fsp3) is 0.267. The lowest BCUT2D eigenvalue weighted by Crippen LogP contribution is -2.30. The zero-order valence-electron chi connectivity index (χ0n) is 12.0. The number of carboxylic acid groups (broad SMARTS) is 1. The molecule has 1 aromatic heterocycles. The molecule has 0 aliphatic rings. The summed E-state index contributed by atoms with van der Waals surface area (Å²) in [6.45, 7) is 1.79. The van der Waals surface area contributed by atoms with Crippen LogP contribution >= 0.6 is 0 Å². The Balaban J connectivity index is 2.27.